The number of hydrogen-bond acceptors (Lipinski definition) is 2. The van der Waals surface area contributed by atoms with Gasteiger partial charge in [0.2, 0.25) is 0 Å². The van der Waals surface area contributed by atoms with Crippen LogP contribution in [0.15, 0.2) is 11.6 Å². The Bertz CT molecular complexity index is 687. The lowest BCUT2D eigenvalue weighted by Crippen LogP contribution is -2.50. The summed E-state index contributed by atoms with van der Waals surface area (Å²) in [6.07, 6.45) is 17.5. The number of nitriles is 1. The molecule has 162 valence electrons. The van der Waals surface area contributed by atoms with Gasteiger partial charge < -0.3 is 5.11 Å². The first-order valence-electron chi connectivity index (χ1n) is 12.5. The van der Waals surface area contributed by atoms with Gasteiger partial charge in [-0.1, -0.05) is 38.3 Å². The molecule has 4 aliphatic carbocycles. The molecule has 0 aromatic heterocycles. The highest BCUT2D eigenvalue weighted by atomic mass is 16.3. The zero-order chi connectivity index (χ0) is 20.9. The number of nitrogens with zero attached hydrogens (tertiary/aromatic N) is 1. The first-order valence-corrected chi connectivity index (χ1v) is 12.5. The molecule has 0 radical (unpaired) electrons. The first kappa shape index (κ1) is 21.4. The van der Waals surface area contributed by atoms with Crippen molar-refractivity contribution in [2.45, 2.75) is 111 Å². The van der Waals surface area contributed by atoms with Gasteiger partial charge in [0.15, 0.2) is 0 Å². The molecule has 0 aliphatic heterocycles. The molecular weight excluding hydrogens is 354 g/mol. The van der Waals surface area contributed by atoms with Gasteiger partial charge in [-0.05, 0) is 113 Å². The number of hydrogen-bond donors (Lipinski definition) is 1. The maximum Gasteiger partial charge on any atom is 0.0683 e. The molecule has 3 saturated carbocycles. The molecule has 4 rings (SSSR count). The Balaban J connectivity index is 1.42. The molecule has 7 atom stereocenters. The van der Waals surface area contributed by atoms with E-state index in [4.69, 9.17) is 0 Å². The lowest BCUT2D eigenvalue weighted by atomic mass is 9.47. The lowest BCUT2D eigenvalue weighted by molar-refractivity contribution is -0.0509. The monoisotopic (exact) mass is 397 g/mol. The van der Waals surface area contributed by atoms with Crippen molar-refractivity contribution in [2.24, 2.45) is 39.9 Å². The summed E-state index contributed by atoms with van der Waals surface area (Å²) in [5, 5.41) is 19.5. The average Bonchev–Trinajstić information content (AvgIpc) is 3.02. The van der Waals surface area contributed by atoms with E-state index in [9.17, 15) is 10.4 Å². The summed E-state index contributed by atoms with van der Waals surface area (Å²) in [7, 11) is 0. The van der Waals surface area contributed by atoms with Crippen LogP contribution >= 0.6 is 0 Å². The van der Waals surface area contributed by atoms with Crippen molar-refractivity contribution in [3.05, 3.63) is 11.6 Å². The van der Waals surface area contributed by atoms with E-state index < -0.39 is 0 Å². The van der Waals surface area contributed by atoms with Gasteiger partial charge in [0.25, 0.3) is 0 Å². The normalized spacial score (nSPS) is 44.3. The van der Waals surface area contributed by atoms with Crippen LogP contribution in [0, 0.1) is 51.2 Å². The molecule has 0 amide bonds. The lowest BCUT2D eigenvalue weighted by Gasteiger charge is -2.58. The average molecular weight is 398 g/mol. The fourth-order valence-electron chi connectivity index (χ4n) is 8.24. The second kappa shape index (κ2) is 7.71. The zero-order valence-corrected chi connectivity index (χ0v) is 19.3. The Hall–Kier alpha value is -0.810. The standard InChI is InChI=1S/C27H43NO/c1-25(2,18-28)14-6-5-7-19-9-11-23-22-10-8-20-17-21(29)12-15-27(20,4)24(22)13-16-26(19,23)3/h8,19,21-24,29H,5-7,9-17H2,1-4H3. The molecular formula is C27H43NO. The van der Waals surface area contributed by atoms with E-state index in [2.05, 4.69) is 39.8 Å². The topological polar surface area (TPSA) is 44.0 Å². The molecule has 3 fully saturated rings. The number of rotatable bonds is 5. The zero-order valence-electron chi connectivity index (χ0n) is 19.3. The number of unbranched alkanes of at least 4 members (excludes halogenated alkanes) is 1. The van der Waals surface area contributed by atoms with Gasteiger partial charge in [-0.2, -0.15) is 5.26 Å². The molecule has 0 spiro atoms. The smallest absolute Gasteiger partial charge is 0.0683 e. The van der Waals surface area contributed by atoms with Crippen molar-refractivity contribution in [1.82, 2.24) is 0 Å². The van der Waals surface area contributed by atoms with E-state index >= 15 is 0 Å². The highest BCUT2D eigenvalue weighted by Gasteiger charge is 2.58. The predicted octanol–water partition coefficient (Wildman–Crippen LogP) is 7.04. The van der Waals surface area contributed by atoms with Gasteiger partial charge in [-0.25, -0.2) is 0 Å². The van der Waals surface area contributed by atoms with E-state index in [0.29, 0.717) is 10.8 Å². The van der Waals surface area contributed by atoms with Crippen LogP contribution in [-0.4, -0.2) is 11.2 Å². The predicted molar refractivity (Wildman–Crippen MR) is 119 cm³/mol. The van der Waals surface area contributed by atoms with Gasteiger partial charge in [0.1, 0.15) is 0 Å². The molecule has 0 saturated heterocycles. The Labute approximate surface area is 179 Å². The summed E-state index contributed by atoms with van der Waals surface area (Å²) in [5.41, 5.74) is 2.34. The molecule has 4 aliphatic rings. The Kier molecular flexibility index (Phi) is 5.69. The van der Waals surface area contributed by atoms with Crippen LogP contribution in [0.2, 0.25) is 0 Å². The van der Waals surface area contributed by atoms with Crippen LogP contribution < -0.4 is 0 Å². The fraction of sp³-hybridized carbons (Fsp3) is 0.889. The molecule has 0 aromatic rings. The van der Waals surface area contributed by atoms with Crippen LogP contribution in [0.1, 0.15) is 105 Å². The molecule has 7 unspecified atom stereocenters. The minimum atomic E-state index is -0.157. The van der Waals surface area contributed by atoms with Crippen molar-refractivity contribution in [1.29, 1.82) is 5.26 Å². The van der Waals surface area contributed by atoms with E-state index in [1.807, 2.05) is 0 Å². The van der Waals surface area contributed by atoms with Crippen molar-refractivity contribution < 1.29 is 5.11 Å². The molecule has 0 heterocycles. The number of aliphatic hydroxyl groups excluding tert-OH is 1. The van der Waals surface area contributed by atoms with Gasteiger partial charge in [-0.15, -0.1) is 0 Å². The van der Waals surface area contributed by atoms with Crippen LogP contribution in [0.25, 0.3) is 0 Å². The molecule has 0 bridgehead atoms. The number of aliphatic hydroxyl groups is 1. The van der Waals surface area contributed by atoms with Crippen LogP contribution in [0.5, 0.6) is 0 Å². The largest absolute Gasteiger partial charge is 0.393 e. The molecule has 1 N–H and O–H groups in total. The van der Waals surface area contributed by atoms with Crippen molar-refractivity contribution in [3.8, 4) is 6.07 Å². The third kappa shape index (κ3) is 3.71. The first-order chi connectivity index (χ1) is 13.7. The van der Waals surface area contributed by atoms with Crippen molar-refractivity contribution in [2.75, 3.05) is 0 Å². The van der Waals surface area contributed by atoms with Crippen LogP contribution in [0.4, 0.5) is 0 Å². The summed E-state index contributed by atoms with van der Waals surface area (Å²) in [4.78, 5) is 0. The van der Waals surface area contributed by atoms with Crippen molar-refractivity contribution >= 4 is 0 Å². The minimum absolute atomic E-state index is 0.0957. The van der Waals surface area contributed by atoms with Gasteiger partial charge in [0, 0.05) is 0 Å². The third-order valence-corrected chi connectivity index (χ3v) is 10.2. The van der Waals surface area contributed by atoms with Gasteiger partial charge in [-0.3, -0.25) is 0 Å². The SMILES string of the molecule is CC(C)(C#N)CCCCC1CCC2C3CC=C4CC(O)CCC4(C)C3CCC12C. The highest BCUT2D eigenvalue weighted by Crippen LogP contribution is 2.66. The minimum Gasteiger partial charge on any atom is -0.393 e. The summed E-state index contributed by atoms with van der Waals surface area (Å²) in [5.74, 6) is 3.52. The van der Waals surface area contributed by atoms with Crippen molar-refractivity contribution in [3.63, 3.8) is 0 Å². The Morgan fingerprint density at radius 3 is 2.66 bits per heavy atom. The second-order valence-corrected chi connectivity index (χ2v) is 12.2. The molecule has 2 nitrogen and oxygen atoms in total. The Morgan fingerprint density at radius 2 is 1.90 bits per heavy atom. The summed E-state index contributed by atoms with van der Waals surface area (Å²) in [6, 6.07) is 2.46. The van der Waals surface area contributed by atoms with E-state index in [1.54, 1.807) is 5.57 Å². The van der Waals surface area contributed by atoms with E-state index in [0.717, 1.165) is 42.9 Å². The number of fused-ring (bicyclic) bond motifs is 5. The fourth-order valence-corrected chi connectivity index (χ4v) is 8.24. The maximum absolute atomic E-state index is 10.2. The Morgan fingerprint density at radius 1 is 1.10 bits per heavy atom. The van der Waals surface area contributed by atoms with Gasteiger partial charge in [0.05, 0.1) is 17.6 Å². The van der Waals surface area contributed by atoms with Crippen LogP contribution in [0.3, 0.4) is 0 Å². The second-order valence-electron chi connectivity index (χ2n) is 12.2. The van der Waals surface area contributed by atoms with Crippen LogP contribution in [-0.2, 0) is 0 Å². The van der Waals surface area contributed by atoms with E-state index in [-0.39, 0.29) is 11.5 Å². The van der Waals surface area contributed by atoms with E-state index in [1.165, 1.54) is 57.8 Å². The molecule has 2 heteroatoms. The number of allylic oxidation sites excluding steroid dienone is 1. The summed E-state index contributed by atoms with van der Waals surface area (Å²) < 4.78 is 0. The quantitative estimate of drug-likeness (QED) is 0.399. The maximum atomic E-state index is 10.2. The molecule has 29 heavy (non-hydrogen) atoms. The van der Waals surface area contributed by atoms with Gasteiger partial charge >= 0.3 is 0 Å². The molecule has 0 aromatic carbocycles. The highest BCUT2D eigenvalue weighted by molar-refractivity contribution is 5.25. The summed E-state index contributed by atoms with van der Waals surface area (Å²) >= 11 is 0. The summed E-state index contributed by atoms with van der Waals surface area (Å²) in [6.45, 7) is 9.33. The third-order valence-electron chi connectivity index (χ3n) is 10.2.